The highest BCUT2D eigenvalue weighted by atomic mass is 16.5. The van der Waals surface area contributed by atoms with Crippen LogP contribution in [0.2, 0.25) is 0 Å². The minimum Gasteiger partial charge on any atom is -0.497 e. The molecule has 28 heavy (non-hydrogen) atoms. The molecule has 0 aliphatic carbocycles. The highest BCUT2D eigenvalue weighted by Crippen LogP contribution is 2.36. The predicted molar refractivity (Wildman–Crippen MR) is 118 cm³/mol. The van der Waals surface area contributed by atoms with Crippen molar-refractivity contribution in [1.82, 2.24) is 4.98 Å². The van der Waals surface area contributed by atoms with Gasteiger partial charge in [0.1, 0.15) is 5.75 Å². The van der Waals surface area contributed by atoms with Crippen LogP contribution in [-0.2, 0) is 6.42 Å². The molecule has 0 saturated heterocycles. The van der Waals surface area contributed by atoms with E-state index in [2.05, 4.69) is 73.7 Å². The fourth-order valence-electron chi connectivity index (χ4n) is 4.19. The number of ether oxygens (including phenoxy) is 1. The molecule has 2 heteroatoms. The molecule has 0 saturated carbocycles. The van der Waals surface area contributed by atoms with Gasteiger partial charge in [0.2, 0.25) is 0 Å². The lowest BCUT2D eigenvalue weighted by Gasteiger charge is -2.13. The number of hydrogen-bond acceptors (Lipinski definition) is 2. The van der Waals surface area contributed by atoms with Crippen LogP contribution in [0.1, 0.15) is 12.5 Å². The van der Waals surface area contributed by atoms with Gasteiger partial charge in [-0.15, -0.1) is 0 Å². The van der Waals surface area contributed by atoms with Crippen LogP contribution in [0.25, 0.3) is 43.6 Å². The first-order chi connectivity index (χ1) is 13.8. The van der Waals surface area contributed by atoms with Crippen LogP contribution in [0.5, 0.6) is 5.75 Å². The molecule has 4 aromatic carbocycles. The van der Waals surface area contributed by atoms with Crippen molar-refractivity contribution in [2.75, 3.05) is 7.11 Å². The molecule has 0 fully saturated rings. The SMILES string of the molecule is CCc1ccccc1-c1nccc2c1ccc1c3ccc(OC)cc3ccc21. The Kier molecular flexibility index (Phi) is 3.98. The molecule has 136 valence electrons. The Balaban J connectivity index is 1.83. The van der Waals surface area contributed by atoms with Gasteiger partial charge >= 0.3 is 0 Å². The van der Waals surface area contributed by atoms with E-state index in [1.165, 1.54) is 43.4 Å². The molecule has 5 aromatic rings. The second-order valence-electron chi connectivity index (χ2n) is 7.08. The van der Waals surface area contributed by atoms with E-state index < -0.39 is 0 Å². The number of fused-ring (bicyclic) bond motifs is 5. The van der Waals surface area contributed by atoms with Crippen molar-refractivity contribution in [3.63, 3.8) is 0 Å². The molecule has 1 heterocycles. The summed E-state index contributed by atoms with van der Waals surface area (Å²) in [5.41, 5.74) is 3.61. The zero-order chi connectivity index (χ0) is 19.1. The maximum atomic E-state index is 5.38. The predicted octanol–water partition coefficient (Wildman–Crippen LogP) is 6.78. The topological polar surface area (TPSA) is 22.1 Å². The molecule has 0 spiro atoms. The fraction of sp³-hybridized carbons (Fsp3) is 0.115. The molecule has 0 aliphatic rings. The molecule has 0 radical (unpaired) electrons. The number of hydrogen-bond donors (Lipinski definition) is 0. The van der Waals surface area contributed by atoms with Crippen LogP contribution in [0, 0.1) is 0 Å². The van der Waals surface area contributed by atoms with Crippen LogP contribution < -0.4 is 4.74 Å². The average Bonchev–Trinajstić information content (AvgIpc) is 2.77. The van der Waals surface area contributed by atoms with Gasteiger partial charge in [0.15, 0.2) is 0 Å². The zero-order valence-corrected chi connectivity index (χ0v) is 16.1. The summed E-state index contributed by atoms with van der Waals surface area (Å²) in [6, 6.07) is 25.8. The Morgan fingerprint density at radius 3 is 2.32 bits per heavy atom. The molecule has 0 unspecified atom stereocenters. The van der Waals surface area contributed by atoms with Gasteiger partial charge in [0, 0.05) is 17.1 Å². The van der Waals surface area contributed by atoms with Crippen molar-refractivity contribution >= 4 is 32.3 Å². The van der Waals surface area contributed by atoms with E-state index in [4.69, 9.17) is 9.72 Å². The quantitative estimate of drug-likeness (QED) is 0.330. The normalized spacial score (nSPS) is 11.4. The number of aromatic nitrogens is 1. The Hall–Kier alpha value is -3.39. The maximum absolute atomic E-state index is 5.38. The van der Waals surface area contributed by atoms with Crippen molar-refractivity contribution in [2.45, 2.75) is 13.3 Å². The first-order valence-electron chi connectivity index (χ1n) is 9.66. The van der Waals surface area contributed by atoms with Gasteiger partial charge in [0.05, 0.1) is 12.8 Å². The summed E-state index contributed by atoms with van der Waals surface area (Å²) in [7, 11) is 1.71. The highest BCUT2D eigenvalue weighted by Gasteiger charge is 2.12. The van der Waals surface area contributed by atoms with Crippen LogP contribution in [0.4, 0.5) is 0 Å². The second kappa shape index (κ2) is 6.65. The lowest BCUT2D eigenvalue weighted by Crippen LogP contribution is -1.92. The third-order valence-electron chi connectivity index (χ3n) is 5.62. The van der Waals surface area contributed by atoms with E-state index in [9.17, 15) is 0 Å². The molecule has 0 N–H and O–H groups in total. The Morgan fingerprint density at radius 1 is 0.750 bits per heavy atom. The van der Waals surface area contributed by atoms with Crippen molar-refractivity contribution < 1.29 is 4.74 Å². The molecule has 0 amide bonds. The van der Waals surface area contributed by atoms with E-state index in [-0.39, 0.29) is 0 Å². The Morgan fingerprint density at radius 2 is 1.46 bits per heavy atom. The maximum Gasteiger partial charge on any atom is 0.119 e. The molecule has 0 bridgehead atoms. The van der Waals surface area contributed by atoms with E-state index >= 15 is 0 Å². The number of methoxy groups -OCH3 is 1. The first-order valence-corrected chi connectivity index (χ1v) is 9.66. The van der Waals surface area contributed by atoms with Crippen LogP contribution in [0.3, 0.4) is 0 Å². The van der Waals surface area contributed by atoms with E-state index in [0.29, 0.717) is 0 Å². The van der Waals surface area contributed by atoms with Gasteiger partial charge in [-0.1, -0.05) is 61.5 Å². The van der Waals surface area contributed by atoms with Gasteiger partial charge < -0.3 is 4.74 Å². The van der Waals surface area contributed by atoms with Gasteiger partial charge in [0.25, 0.3) is 0 Å². The number of pyridine rings is 1. The van der Waals surface area contributed by atoms with Crippen LogP contribution >= 0.6 is 0 Å². The van der Waals surface area contributed by atoms with Gasteiger partial charge in [-0.25, -0.2) is 0 Å². The lowest BCUT2D eigenvalue weighted by atomic mass is 9.94. The molecule has 0 aliphatic heterocycles. The van der Waals surface area contributed by atoms with E-state index in [1.54, 1.807) is 7.11 Å². The summed E-state index contributed by atoms with van der Waals surface area (Å²) in [5, 5.41) is 7.39. The number of rotatable bonds is 3. The minimum absolute atomic E-state index is 0.885. The van der Waals surface area contributed by atoms with E-state index in [0.717, 1.165) is 17.9 Å². The summed E-state index contributed by atoms with van der Waals surface area (Å²) in [5.74, 6) is 0.885. The molecular weight excluding hydrogens is 342 g/mol. The zero-order valence-electron chi connectivity index (χ0n) is 16.1. The first kappa shape index (κ1) is 16.8. The van der Waals surface area contributed by atoms with Gasteiger partial charge in [-0.3, -0.25) is 4.98 Å². The van der Waals surface area contributed by atoms with Crippen molar-refractivity contribution in [3.05, 3.63) is 84.6 Å². The molecular formula is C26H21NO. The largest absolute Gasteiger partial charge is 0.497 e. The summed E-state index contributed by atoms with van der Waals surface area (Å²) in [4.78, 5) is 4.76. The third-order valence-corrected chi connectivity index (χ3v) is 5.62. The monoisotopic (exact) mass is 363 g/mol. The molecule has 5 rings (SSSR count). The van der Waals surface area contributed by atoms with E-state index in [1.807, 2.05) is 12.3 Å². The van der Waals surface area contributed by atoms with Crippen molar-refractivity contribution in [1.29, 1.82) is 0 Å². The van der Waals surface area contributed by atoms with Gasteiger partial charge in [-0.2, -0.15) is 0 Å². The van der Waals surface area contributed by atoms with Gasteiger partial charge in [-0.05, 0) is 57.1 Å². The molecule has 2 nitrogen and oxygen atoms in total. The summed E-state index contributed by atoms with van der Waals surface area (Å²) in [6.07, 6.45) is 2.93. The number of nitrogens with zero attached hydrogens (tertiary/aromatic N) is 1. The highest BCUT2D eigenvalue weighted by molar-refractivity contribution is 6.19. The Bertz CT molecular complexity index is 1340. The van der Waals surface area contributed by atoms with Crippen LogP contribution in [0.15, 0.2) is 79.0 Å². The van der Waals surface area contributed by atoms with Crippen LogP contribution in [-0.4, -0.2) is 12.1 Å². The summed E-state index contributed by atoms with van der Waals surface area (Å²) < 4.78 is 5.38. The fourth-order valence-corrected chi connectivity index (χ4v) is 4.19. The second-order valence-corrected chi connectivity index (χ2v) is 7.08. The Labute approximate surface area is 164 Å². The van der Waals surface area contributed by atoms with Crippen molar-refractivity contribution in [3.8, 4) is 17.0 Å². The standard InChI is InChI=1S/C26H21NO/c1-3-17-6-4-5-7-21(17)26-25-13-12-22-20-11-9-19(28-2)16-18(20)8-10-23(22)24(25)14-15-27-26/h4-16H,3H2,1-2H3. The number of aryl methyl sites for hydroxylation is 1. The summed E-state index contributed by atoms with van der Waals surface area (Å²) >= 11 is 0. The summed E-state index contributed by atoms with van der Waals surface area (Å²) in [6.45, 7) is 2.19. The van der Waals surface area contributed by atoms with Crippen molar-refractivity contribution in [2.24, 2.45) is 0 Å². The smallest absolute Gasteiger partial charge is 0.119 e. The molecule has 1 aromatic heterocycles. The third kappa shape index (κ3) is 2.53. The molecule has 0 atom stereocenters. The number of benzene rings is 4. The average molecular weight is 363 g/mol. The lowest BCUT2D eigenvalue weighted by molar-refractivity contribution is 0.415. The minimum atomic E-state index is 0.885.